The highest BCUT2D eigenvalue weighted by atomic mass is 79.9. The second-order valence-corrected chi connectivity index (χ2v) is 7.61. The van der Waals surface area contributed by atoms with Gasteiger partial charge in [-0.3, -0.25) is 0 Å². The third kappa shape index (κ3) is 2.66. The Bertz CT molecular complexity index is 907. The van der Waals surface area contributed by atoms with E-state index in [2.05, 4.69) is 20.7 Å². The summed E-state index contributed by atoms with van der Waals surface area (Å²) in [7, 11) is -2.77. The number of benzene rings is 2. The molecule has 0 aromatic heterocycles. The van der Waals surface area contributed by atoms with Crippen molar-refractivity contribution in [3.05, 3.63) is 64.1 Å². The topological polar surface area (TPSA) is 63.7 Å². The zero-order valence-corrected chi connectivity index (χ0v) is 14.5. The van der Waals surface area contributed by atoms with Crippen LogP contribution in [-0.2, 0) is 19.4 Å². The van der Waals surface area contributed by atoms with Crippen LogP contribution >= 0.6 is 15.9 Å². The molecule has 0 aliphatic carbocycles. The predicted octanol–water partition coefficient (Wildman–Crippen LogP) is 3.39. The van der Waals surface area contributed by atoms with Crippen LogP contribution in [0.4, 0.5) is 11.4 Å². The summed E-state index contributed by atoms with van der Waals surface area (Å²) < 4.78 is 30.7. The molecule has 0 N–H and O–H groups in total. The van der Waals surface area contributed by atoms with Gasteiger partial charge in [0.25, 0.3) is 0 Å². The Morgan fingerprint density at radius 1 is 1.13 bits per heavy atom. The van der Waals surface area contributed by atoms with Gasteiger partial charge in [-0.2, -0.15) is 0 Å². The van der Waals surface area contributed by atoms with E-state index in [1.165, 1.54) is 12.3 Å². The summed E-state index contributed by atoms with van der Waals surface area (Å²) in [6, 6.07) is 14.0. The molecule has 2 aromatic carbocycles. The van der Waals surface area contributed by atoms with Crippen molar-refractivity contribution >= 4 is 43.1 Å². The monoisotopic (exact) mass is 393 g/mol. The molecule has 0 amide bonds. The number of rotatable bonds is 2. The van der Waals surface area contributed by atoms with Gasteiger partial charge >= 0.3 is 5.97 Å². The molecule has 118 valence electrons. The van der Waals surface area contributed by atoms with Crippen molar-refractivity contribution in [1.82, 2.24) is 0 Å². The summed E-state index contributed by atoms with van der Waals surface area (Å²) in [4.78, 5) is 13.3. The normalized spacial score (nSPS) is 15.6. The number of carbonyl (C=O) groups excluding carboxylic acids is 1. The number of nitrogens with zero attached hydrogens (tertiary/aromatic N) is 1. The van der Waals surface area contributed by atoms with E-state index < -0.39 is 20.7 Å². The van der Waals surface area contributed by atoms with Gasteiger partial charge in [0.15, 0.2) is 4.91 Å². The maximum atomic E-state index is 12.7. The highest BCUT2D eigenvalue weighted by Crippen LogP contribution is 2.40. The number of halogens is 1. The highest BCUT2D eigenvalue weighted by Gasteiger charge is 2.36. The Labute approximate surface area is 142 Å². The van der Waals surface area contributed by atoms with Crippen molar-refractivity contribution in [3.8, 4) is 0 Å². The highest BCUT2D eigenvalue weighted by molar-refractivity contribution is 9.10. The zero-order valence-electron chi connectivity index (χ0n) is 12.1. The summed E-state index contributed by atoms with van der Waals surface area (Å²) in [5, 5.41) is 0. The molecule has 0 saturated heterocycles. The number of para-hydroxylation sites is 1. The predicted molar refractivity (Wildman–Crippen MR) is 90.0 cm³/mol. The minimum Gasteiger partial charge on any atom is -0.465 e. The fourth-order valence-corrected chi connectivity index (χ4v) is 4.16. The molecule has 2 aromatic rings. The Morgan fingerprint density at radius 3 is 2.48 bits per heavy atom. The molecule has 0 spiro atoms. The minimum absolute atomic E-state index is 0.0625. The lowest BCUT2D eigenvalue weighted by Crippen LogP contribution is -2.26. The van der Waals surface area contributed by atoms with Crippen LogP contribution in [0.15, 0.2) is 69.0 Å². The number of esters is 1. The first-order valence-electron chi connectivity index (χ1n) is 6.64. The summed E-state index contributed by atoms with van der Waals surface area (Å²) in [6.07, 6.45) is 1.30. The molecule has 3 rings (SSSR count). The van der Waals surface area contributed by atoms with Gasteiger partial charge in [0.2, 0.25) is 9.84 Å². The van der Waals surface area contributed by atoms with Crippen LogP contribution in [0.25, 0.3) is 0 Å². The average molecular weight is 394 g/mol. The molecule has 0 bridgehead atoms. The second kappa shape index (κ2) is 5.82. The number of ether oxygens (including phenoxy) is 1. The quantitative estimate of drug-likeness (QED) is 0.731. The smallest absolute Gasteiger partial charge is 0.351 e. The third-order valence-electron chi connectivity index (χ3n) is 3.43. The first-order valence-corrected chi connectivity index (χ1v) is 8.92. The molecule has 0 atom stereocenters. The van der Waals surface area contributed by atoms with Gasteiger partial charge in [0.05, 0.1) is 17.7 Å². The lowest BCUT2D eigenvalue weighted by molar-refractivity contribution is -0.135. The lowest BCUT2D eigenvalue weighted by atomic mass is 10.2. The van der Waals surface area contributed by atoms with Gasteiger partial charge in [-0.25, -0.2) is 13.2 Å². The van der Waals surface area contributed by atoms with Crippen molar-refractivity contribution in [2.24, 2.45) is 0 Å². The van der Waals surface area contributed by atoms with Gasteiger partial charge in [0.1, 0.15) is 0 Å². The van der Waals surface area contributed by atoms with E-state index in [0.717, 1.165) is 17.3 Å². The van der Waals surface area contributed by atoms with Crippen LogP contribution in [0.1, 0.15) is 0 Å². The van der Waals surface area contributed by atoms with E-state index in [0.29, 0.717) is 5.69 Å². The van der Waals surface area contributed by atoms with Crippen LogP contribution < -0.4 is 4.90 Å². The van der Waals surface area contributed by atoms with Gasteiger partial charge in [-0.1, -0.05) is 34.1 Å². The second-order valence-electron chi connectivity index (χ2n) is 4.81. The van der Waals surface area contributed by atoms with E-state index in [-0.39, 0.29) is 4.90 Å². The molecule has 7 heteroatoms. The summed E-state index contributed by atoms with van der Waals surface area (Å²) in [6.45, 7) is 0. The third-order valence-corrected chi connectivity index (χ3v) is 5.70. The van der Waals surface area contributed by atoms with E-state index >= 15 is 0 Å². The summed E-state index contributed by atoms with van der Waals surface area (Å²) in [5.41, 5.74) is 1.21. The summed E-state index contributed by atoms with van der Waals surface area (Å²) >= 11 is 3.35. The lowest BCUT2D eigenvalue weighted by Gasteiger charge is -2.28. The molecular formula is C16H12BrNO4S. The van der Waals surface area contributed by atoms with Crippen LogP contribution in [0.5, 0.6) is 0 Å². The van der Waals surface area contributed by atoms with Crippen molar-refractivity contribution in [1.29, 1.82) is 0 Å². The molecule has 0 unspecified atom stereocenters. The zero-order chi connectivity index (χ0) is 16.6. The first-order chi connectivity index (χ1) is 10.9. The Hall–Kier alpha value is -2.12. The number of anilines is 2. The average Bonchev–Trinajstić information content (AvgIpc) is 2.54. The molecule has 1 aliphatic rings. The first kappa shape index (κ1) is 15.8. The van der Waals surface area contributed by atoms with Crippen LogP contribution in [0, 0.1) is 0 Å². The van der Waals surface area contributed by atoms with Crippen LogP contribution in [-0.4, -0.2) is 21.5 Å². The molecule has 1 aliphatic heterocycles. The van der Waals surface area contributed by atoms with Crippen LogP contribution in [0.2, 0.25) is 0 Å². The molecular weight excluding hydrogens is 382 g/mol. The Morgan fingerprint density at radius 2 is 1.83 bits per heavy atom. The largest absolute Gasteiger partial charge is 0.465 e. The molecule has 5 nitrogen and oxygen atoms in total. The van der Waals surface area contributed by atoms with E-state index in [4.69, 9.17) is 0 Å². The van der Waals surface area contributed by atoms with Crippen molar-refractivity contribution in [2.45, 2.75) is 4.90 Å². The fourth-order valence-electron chi connectivity index (χ4n) is 2.35. The van der Waals surface area contributed by atoms with Crippen molar-refractivity contribution in [3.63, 3.8) is 0 Å². The van der Waals surface area contributed by atoms with Crippen LogP contribution in [0.3, 0.4) is 0 Å². The van der Waals surface area contributed by atoms with Gasteiger partial charge in [0, 0.05) is 16.4 Å². The SMILES string of the molecule is COC(=O)C1=CN(c2ccccc2)c2cc(Br)ccc2S1(=O)=O. The Kier molecular flexibility index (Phi) is 3.99. The number of hydrogen-bond acceptors (Lipinski definition) is 5. The number of hydrogen-bond donors (Lipinski definition) is 0. The minimum atomic E-state index is -3.93. The maximum Gasteiger partial charge on any atom is 0.351 e. The number of carbonyl (C=O) groups is 1. The molecule has 0 saturated carbocycles. The summed E-state index contributed by atoms with van der Waals surface area (Å²) in [5.74, 6) is -0.889. The number of methoxy groups -OCH3 is 1. The van der Waals surface area contributed by atoms with E-state index in [1.54, 1.807) is 17.0 Å². The van der Waals surface area contributed by atoms with Crippen molar-refractivity contribution in [2.75, 3.05) is 12.0 Å². The fraction of sp³-hybridized carbons (Fsp3) is 0.0625. The molecule has 0 radical (unpaired) electrons. The standard InChI is InChI=1S/C16H12BrNO4S/c1-22-16(19)15-10-18(12-5-3-2-4-6-12)13-9-11(17)7-8-14(13)23(15,20)21/h2-10H,1H3. The molecule has 1 heterocycles. The number of fused-ring (bicyclic) bond motifs is 1. The molecule has 23 heavy (non-hydrogen) atoms. The van der Waals surface area contributed by atoms with Gasteiger partial charge in [-0.15, -0.1) is 0 Å². The van der Waals surface area contributed by atoms with E-state index in [1.807, 2.05) is 30.3 Å². The Balaban J connectivity index is 2.30. The number of sulfone groups is 1. The van der Waals surface area contributed by atoms with Gasteiger partial charge in [-0.05, 0) is 30.3 Å². The van der Waals surface area contributed by atoms with E-state index in [9.17, 15) is 13.2 Å². The maximum absolute atomic E-state index is 12.7. The molecule has 0 fully saturated rings. The van der Waals surface area contributed by atoms with Crippen molar-refractivity contribution < 1.29 is 17.9 Å². The van der Waals surface area contributed by atoms with Gasteiger partial charge < -0.3 is 9.64 Å².